The van der Waals surface area contributed by atoms with Crippen LogP contribution in [-0.4, -0.2) is 33.6 Å². The molecular formula is C15H17N5. The average molecular weight is 267 g/mol. The Morgan fingerprint density at radius 3 is 2.45 bits per heavy atom. The lowest BCUT2D eigenvalue weighted by Gasteiger charge is -2.18. The molecule has 3 rings (SSSR count). The topological polar surface area (TPSA) is 45.2 Å². The second kappa shape index (κ2) is 4.92. The Balaban J connectivity index is 1.98. The zero-order valence-electron chi connectivity index (χ0n) is 11.9. The van der Waals surface area contributed by atoms with E-state index in [0.29, 0.717) is 0 Å². The van der Waals surface area contributed by atoms with E-state index in [1.165, 1.54) is 5.56 Å². The number of hydrogen-bond donors (Lipinski definition) is 0. The van der Waals surface area contributed by atoms with E-state index in [4.69, 9.17) is 4.98 Å². The lowest BCUT2D eigenvalue weighted by Crippen LogP contribution is -2.22. The van der Waals surface area contributed by atoms with Crippen molar-refractivity contribution in [2.24, 2.45) is 0 Å². The normalized spacial score (nSPS) is 14.2. The van der Waals surface area contributed by atoms with Crippen molar-refractivity contribution in [1.82, 2.24) is 19.9 Å². The van der Waals surface area contributed by atoms with Gasteiger partial charge in [0.05, 0.1) is 12.4 Å². The van der Waals surface area contributed by atoms with E-state index in [-0.39, 0.29) is 0 Å². The predicted molar refractivity (Wildman–Crippen MR) is 79.0 cm³/mol. The number of aryl methyl sites for hydroxylation is 2. The van der Waals surface area contributed by atoms with Crippen molar-refractivity contribution >= 4 is 5.82 Å². The molecule has 0 aliphatic carbocycles. The first-order valence-electron chi connectivity index (χ1n) is 6.55. The molecule has 2 aromatic heterocycles. The molecule has 5 nitrogen and oxygen atoms in total. The van der Waals surface area contributed by atoms with Crippen molar-refractivity contribution in [3.05, 3.63) is 48.3 Å². The van der Waals surface area contributed by atoms with Crippen molar-refractivity contribution in [3.63, 3.8) is 0 Å². The van der Waals surface area contributed by atoms with Gasteiger partial charge in [-0.05, 0) is 31.5 Å². The van der Waals surface area contributed by atoms with E-state index in [0.717, 1.165) is 29.6 Å². The Morgan fingerprint density at radius 2 is 1.80 bits per heavy atom. The molecule has 0 amide bonds. The highest BCUT2D eigenvalue weighted by atomic mass is 15.3. The first kappa shape index (κ1) is 12.6. The van der Waals surface area contributed by atoms with E-state index < -0.39 is 0 Å². The van der Waals surface area contributed by atoms with Gasteiger partial charge in [-0.1, -0.05) is 0 Å². The van der Waals surface area contributed by atoms with Crippen LogP contribution in [0.4, 0.5) is 5.82 Å². The Kier molecular flexibility index (Phi) is 3.10. The number of nitrogens with zero attached hydrogens (tertiary/aromatic N) is 5. The SMILES string of the molecule is Cc1cc(-c2cnc(C)nc2)nc(N2C=CN(C)C2)c1. The van der Waals surface area contributed by atoms with Crippen LogP contribution in [0.2, 0.25) is 0 Å². The van der Waals surface area contributed by atoms with Crippen LogP contribution in [0.25, 0.3) is 11.3 Å². The van der Waals surface area contributed by atoms with Crippen molar-refractivity contribution in [2.45, 2.75) is 13.8 Å². The highest BCUT2D eigenvalue weighted by molar-refractivity contribution is 5.62. The highest BCUT2D eigenvalue weighted by Crippen LogP contribution is 2.23. The smallest absolute Gasteiger partial charge is 0.134 e. The number of anilines is 1. The van der Waals surface area contributed by atoms with Crippen molar-refractivity contribution in [1.29, 1.82) is 0 Å². The van der Waals surface area contributed by atoms with Crippen LogP contribution in [0.5, 0.6) is 0 Å². The summed E-state index contributed by atoms with van der Waals surface area (Å²) in [5.74, 6) is 1.71. The molecule has 0 aromatic carbocycles. The predicted octanol–water partition coefficient (Wildman–Crippen LogP) is 2.34. The van der Waals surface area contributed by atoms with E-state index >= 15 is 0 Å². The van der Waals surface area contributed by atoms with Crippen LogP contribution >= 0.6 is 0 Å². The average Bonchev–Trinajstić information content (AvgIpc) is 2.85. The van der Waals surface area contributed by atoms with Gasteiger partial charge in [0.2, 0.25) is 0 Å². The molecule has 0 spiro atoms. The monoisotopic (exact) mass is 267 g/mol. The molecule has 0 N–H and O–H groups in total. The van der Waals surface area contributed by atoms with Crippen LogP contribution in [0.1, 0.15) is 11.4 Å². The third-order valence-electron chi connectivity index (χ3n) is 3.20. The van der Waals surface area contributed by atoms with Gasteiger partial charge in [0.25, 0.3) is 0 Å². The van der Waals surface area contributed by atoms with Gasteiger partial charge in [-0.3, -0.25) is 0 Å². The Bertz CT molecular complexity index is 648. The molecule has 0 saturated carbocycles. The fourth-order valence-corrected chi connectivity index (χ4v) is 2.15. The van der Waals surface area contributed by atoms with Gasteiger partial charge in [0.15, 0.2) is 0 Å². The lowest BCUT2D eigenvalue weighted by molar-refractivity contribution is 0.494. The van der Waals surface area contributed by atoms with E-state index in [1.54, 1.807) is 0 Å². The highest BCUT2D eigenvalue weighted by Gasteiger charge is 2.13. The maximum Gasteiger partial charge on any atom is 0.134 e. The number of hydrogen-bond acceptors (Lipinski definition) is 5. The summed E-state index contributed by atoms with van der Waals surface area (Å²) in [4.78, 5) is 17.4. The molecule has 0 unspecified atom stereocenters. The van der Waals surface area contributed by atoms with Gasteiger partial charge in [0.1, 0.15) is 11.6 Å². The molecule has 0 fully saturated rings. The summed E-state index contributed by atoms with van der Waals surface area (Å²) in [6, 6.07) is 4.14. The minimum atomic E-state index is 0.769. The molecule has 20 heavy (non-hydrogen) atoms. The summed E-state index contributed by atoms with van der Waals surface area (Å²) in [5, 5.41) is 0. The summed E-state index contributed by atoms with van der Waals surface area (Å²) in [7, 11) is 2.04. The van der Waals surface area contributed by atoms with Crippen molar-refractivity contribution in [3.8, 4) is 11.3 Å². The van der Waals surface area contributed by atoms with Crippen LogP contribution in [0.15, 0.2) is 36.9 Å². The minimum absolute atomic E-state index is 0.769. The first-order chi connectivity index (χ1) is 9.61. The number of aromatic nitrogens is 3. The van der Waals surface area contributed by atoms with Gasteiger partial charge in [-0.2, -0.15) is 0 Å². The molecule has 102 valence electrons. The molecule has 1 aliphatic heterocycles. The third-order valence-corrected chi connectivity index (χ3v) is 3.20. The van der Waals surface area contributed by atoms with Gasteiger partial charge >= 0.3 is 0 Å². The van der Waals surface area contributed by atoms with Crippen molar-refractivity contribution < 1.29 is 0 Å². The summed E-state index contributed by atoms with van der Waals surface area (Å²) >= 11 is 0. The molecule has 0 bridgehead atoms. The third kappa shape index (κ3) is 2.47. The maximum atomic E-state index is 4.72. The zero-order chi connectivity index (χ0) is 14.1. The summed E-state index contributed by atoms with van der Waals surface area (Å²) in [6.07, 6.45) is 7.72. The van der Waals surface area contributed by atoms with Gasteiger partial charge in [0, 0.05) is 37.4 Å². The van der Waals surface area contributed by atoms with Crippen LogP contribution < -0.4 is 4.90 Å². The Labute approximate surface area is 118 Å². The molecule has 5 heteroatoms. The second-order valence-corrected chi connectivity index (χ2v) is 5.07. The quantitative estimate of drug-likeness (QED) is 0.835. The molecule has 0 radical (unpaired) electrons. The number of rotatable bonds is 2. The van der Waals surface area contributed by atoms with Gasteiger partial charge in [-0.15, -0.1) is 0 Å². The zero-order valence-corrected chi connectivity index (χ0v) is 11.9. The molecular weight excluding hydrogens is 250 g/mol. The van der Waals surface area contributed by atoms with Crippen LogP contribution in [-0.2, 0) is 0 Å². The van der Waals surface area contributed by atoms with Crippen LogP contribution in [0.3, 0.4) is 0 Å². The van der Waals surface area contributed by atoms with E-state index in [9.17, 15) is 0 Å². The minimum Gasteiger partial charge on any atom is -0.361 e. The molecule has 1 aliphatic rings. The van der Waals surface area contributed by atoms with E-state index in [1.807, 2.05) is 38.8 Å². The molecule has 2 aromatic rings. The summed E-state index contributed by atoms with van der Waals surface area (Å²) in [6.45, 7) is 4.78. The number of pyridine rings is 1. The first-order valence-corrected chi connectivity index (χ1v) is 6.55. The largest absolute Gasteiger partial charge is 0.361 e. The van der Waals surface area contributed by atoms with Crippen molar-refractivity contribution in [2.75, 3.05) is 18.6 Å². The fourth-order valence-electron chi connectivity index (χ4n) is 2.15. The standard InChI is InChI=1S/C15H17N5/c1-11-6-14(13-8-16-12(2)17-9-13)18-15(7-11)20-5-4-19(3)10-20/h4-9H,10H2,1-3H3. The fraction of sp³-hybridized carbons (Fsp3) is 0.267. The second-order valence-electron chi connectivity index (χ2n) is 5.07. The van der Waals surface area contributed by atoms with Gasteiger partial charge in [-0.25, -0.2) is 15.0 Å². The Hall–Kier alpha value is -2.43. The molecule has 0 atom stereocenters. The summed E-state index contributed by atoms with van der Waals surface area (Å²) < 4.78 is 0. The lowest BCUT2D eigenvalue weighted by atomic mass is 10.1. The van der Waals surface area contributed by atoms with Crippen LogP contribution in [0, 0.1) is 13.8 Å². The molecule has 0 saturated heterocycles. The van der Waals surface area contributed by atoms with E-state index in [2.05, 4.69) is 38.8 Å². The Morgan fingerprint density at radius 1 is 1.05 bits per heavy atom. The maximum absolute atomic E-state index is 4.72. The summed E-state index contributed by atoms with van der Waals surface area (Å²) in [5.41, 5.74) is 3.02. The molecule has 3 heterocycles. The van der Waals surface area contributed by atoms with Gasteiger partial charge < -0.3 is 9.80 Å².